The number of carbonyl (C=O) groups excluding carboxylic acids is 5. The lowest BCUT2D eigenvalue weighted by Crippen LogP contribution is -2.65. The highest BCUT2D eigenvalue weighted by atomic mass is 16.7. The fourth-order valence-electron chi connectivity index (χ4n) is 9.79. The number of hydrogen-bond donors (Lipinski definition) is 6. The van der Waals surface area contributed by atoms with Crippen molar-refractivity contribution in [2.45, 2.75) is 148 Å². The van der Waals surface area contributed by atoms with Crippen LogP contribution in [0.5, 0.6) is 0 Å². The van der Waals surface area contributed by atoms with E-state index < -0.39 is 66.5 Å². The smallest absolute Gasteiger partial charge is 0.404 e. The van der Waals surface area contributed by atoms with Gasteiger partial charge in [-0.3, -0.25) is 24.0 Å². The molecule has 2 saturated heterocycles. The van der Waals surface area contributed by atoms with Crippen molar-refractivity contribution in [2.24, 2.45) is 28.7 Å². The largest absolute Gasteiger partial charge is 0.481 e. The molecule has 2 aliphatic heterocycles. The first-order valence-corrected chi connectivity index (χ1v) is 22.6. The Bertz CT molecular complexity index is 1880. The van der Waals surface area contributed by atoms with Crippen molar-refractivity contribution in [2.75, 3.05) is 19.6 Å². The fraction of sp³-hybridized carbons (Fsp3) is 0.630. The van der Waals surface area contributed by atoms with E-state index in [1.54, 1.807) is 12.1 Å². The summed E-state index contributed by atoms with van der Waals surface area (Å²) < 4.78 is 12.9. The van der Waals surface area contributed by atoms with Gasteiger partial charge in [0.05, 0.1) is 17.6 Å². The topological polar surface area (TPSA) is 207 Å². The molecule has 3 saturated carbocycles. The summed E-state index contributed by atoms with van der Waals surface area (Å²) in [5, 5.41) is 11.4. The summed E-state index contributed by atoms with van der Waals surface area (Å²) in [7, 11) is -0.617. The molecule has 5 amide bonds. The third-order valence-electron chi connectivity index (χ3n) is 14.0. The Balaban J connectivity index is 1.000. The molecule has 2 unspecified atom stereocenters. The van der Waals surface area contributed by atoms with E-state index in [9.17, 15) is 24.0 Å². The average molecular weight is 842 g/mol. The number of unbranched alkanes of at least 4 members (excludes halogenated alkanes) is 2. The van der Waals surface area contributed by atoms with E-state index >= 15 is 0 Å². The van der Waals surface area contributed by atoms with Crippen LogP contribution in [0.2, 0.25) is 0 Å². The molecule has 8 N–H and O–H groups in total. The molecule has 0 aromatic heterocycles. The molecule has 5 fully saturated rings. The number of nitrogens with zero attached hydrogens (tertiary/aromatic N) is 1. The zero-order chi connectivity index (χ0) is 44.1. The van der Waals surface area contributed by atoms with E-state index in [-0.39, 0.29) is 30.4 Å². The van der Waals surface area contributed by atoms with Crippen LogP contribution in [0.15, 0.2) is 48.5 Å². The first kappa shape index (κ1) is 46.2. The van der Waals surface area contributed by atoms with Crippen molar-refractivity contribution in [3.05, 3.63) is 59.7 Å². The highest BCUT2D eigenvalue weighted by Gasteiger charge is 2.68. The predicted molar refractivity (Wildman–Crippen MR) is 236 cm³/mol. The standard InChI is InChI=1S/C46H68BN7O7/c1-7-8-11-30-13-15-31(16-14-30)32-17-19-33(20-18-32)41(56)53-36(21-24-49)44(59)54-25-22-37(54)43(58)50-28(2)40(55)52-35(12-9-10-23-48)42(57)51-29(3)47-60-39-27-34-26-38(45(34,4)5)46(39,6)61-47/h13-20,28-29,34-39H,7-12,21-27,48-49H2,1-6H3,(H,50,58)(H,51,57)(H,52,55)(H,53,56)/t28-,29-,34-,35-,36-,37?,38-,39?,46-/m0/s1. The maximum Gasteiger partial charge on any atom is 0.481 e. The van der Waals surface area contributed by atoms with Crippen molar-refractivity contribution in [1.29, 1.82) is 0 Å². The molecule has 2 bridgehead atoms. The van der Waals surface area contributed by atoms with Crippen molar-refractivity contribution in [3.63, 3.8) is 0 Å². The van der Waals surface area contributed by atoms with Gasteiger partial charge in [0.15, 0.2) is 0 Å². The van der Waals surface area contributed by atoms with Gasteiger partial charge in [-0.25, -0.2) is 0 Å². The minimum Gasteiger partial charge on any atom is -0.404 e. The first-order chi connectivity index (χ1) is 29.1. The minimum absolute atomic E-state index is 0.0298. The first-order valence-electron chi connectivity index (χ1n) is 22.6. The van der Waals surface area contributed by atoms with Crippen molar-refractivity contribution >= 4 is 36.7 Å². The number of amides is 5. The Morgan fingerprint density at radius 1 is 0.820 bits per heavy atom. The van der Waals surface area contributed by atoms with Crippen molar-refractivity contribution in [3.8, 4) is 11.1 Å². The highest BCUT2D eigenvalue weighted by Crippen LogP contribution is 2.65. The van der Waals surface area contributed by atoms with Crippen LogP contribution < -0.4 is 32.7 Å². The van der Waals surface area contributed by atoms with E-state index in [2.05, 4.69) is 73.2 Å². The van der Waals surface area contributed by atoms with E-state index in [1.807, 2.05) is 19.1 Å². The number of likely N-dealkylation sites (tertiary alicyclic amines) is 1. The normalized spacial score (nSPS) is 25.4. The van der Waals surface area contributed by atoms with Crippen LogP contribution in [-0.2, 0) is 34.9 Å². The molecule has 15 heteroatoms. The Morgan fingerprint density at radius 3 is 2.11 bits per heavy atom. The van der Waals surface area contributed by atoms with E-state index in [0.717, 1.165) is 43.2 Å². The SMILES string of the molecule is CCCCc1ccc(-c2ccc(C(=O)N[C@@H](CCN)C(=O)N3CCC3C(=O)N[C@@H](C)C(=O)N[C@@H](CCCCN)C(=O)N[C@@H](C)B3OC4C[C@@H]5C[C@@H](C5(C)C)[C@]4(C)O3)cc2)cc1. The van der Waals surface area contributed by atoms with E-state index in [1.165, 1.54) is 17.4 Å². The van der Waals surface area contributed by atoms with Gasteiger partial charge in [-0.1, -0.05) is 63.6 Å². The Hall–Kier alpha value is -4.31. The number of nitrogens with two attached hydrogens (primary N) is 2. The number of hydrogen-bond acceptors (Lipinski definition) is 9. The summed E-state index contributed by atoms with van der Waals surface area (Å²) in [4.78, 5) is 69.2. The van der Waals surface area contributed by atoms with Crippen LogP contribution in [0.1, 0.15) is 115 Å². The molecule has 332 valence electrons. The van der Waals surface area contributed by atoms with Crippen LogP contribution in [-0.4, -0.2) is 103 Å². The number of rotatable bonds is 20. The van der Waals surface area contributed by atoms with E-state index in [0.29, 0.717) is 56.2 Å². The van der Waals surface area contributed by atoms with Gasteiger partial charge >= 0.3 is 7.12 Å². The third kappa shape index (κ3) is 10.2. The molecule has 2 heterocycles. The number of benzene rings is 2. The summed E-state index contributed by atoms with van der Waals surface area (Å²) in [6, 6.07) is 12.0. The predicted octanol–water partition coefficient (Wildman–Crippen LogP) is 3.64. The quantitative estimate of drug-likeness (QED) is 0.0849. The van der Waals surface area contributed by atoms with Gasteiger partial charge in [-0.2, -0.15) is 0 Å². The second-order valence-corrected chi connectivity index (χ2v) is 18.5. The summed E-state index contributed by atoms with van der Waals surface area (Å²) >= 11 is 0. The average Bonchev–Trinajstić information content (AvgIpc) is 3.59. The van der Waals surface area contributed by atoms with E-state index in [4.69, 9.17) is 20.8 Å². The molecule has 9 atom stereocenters. The van der Waals surface area contributed by atoms with Gasteiger partial charge in [0, 0.05) is 12.1 Å². The van der Waals surface area contributed by atoms with Crippen LogP contribution >= 0.6 is 0 Å². The lowest BCUT2D eigenvalue weighted by molar-refractivity contribution is -0.199. The summed E-state index contributed by atoms with van der Waals surface area (Å²) in [6.07, 6.45) is 7.56. The van der Waals surface area contributed by atoms with Gasteiger partial charge in [0.25, 0.3) is 5.91 Å². The minimum atomic E-state index is -1.01. The molecule has 0 radical (unpaired) electrons. The Kier molecular flexibility index (Phi) is 15.0. The van der Waals surface area contributed by atoms with Crippen LogP contribution in [0, 0.1) is 17.3 Å². The Morgan fingerprint density at radius 2 is 1.51 bits per heavy atom. The maximum absolute atomic E-state index is 13.7. The molecule has 2 aromatic rings. The molecule has 3 aliphatic carbocycles. The summed E-state index contributed by atoms with van der Waals surface area (Å²) in [5.41, 5.74) is 15.1. The molecule has 61 heavy (non-hydrogen) atoms. The molecular weight excluding hydrogens is 773 g/mol. The summed E-state index contributed by atoms with van der Waals surface area (Å²) in [5.74, 6) is -1.75. The van der Waals surface area contributed by atoms with Crippen LogP contribution in [0.4, 0.5) is 0 Å². The van der Waals surface area contributed by atoms with Gasteiger partial charge in [-0.05, 0) is 138 Å². The number of carbonyl (C=O) groups is 5. The van der Waals surface area contributed by atoms with Crippen LogP contribution in [0.3, 0.4) is 0 Å². The Labute approximate surface area is 361 Å². The summed E-state index contributed by atoms with van der Waals surface area (Å²) in [6.45, 7) is 13.2. The van der Waals surface area contributed by atoms with Gasteiger partial charge < -0.3 is 46.9 Å². The molecule has 0 spiro atoms. The van der Waals surface area contributed by atoms with Gasteiger partial charge in [0.1, 0.15) is 24.2 Å². The number of nitrogens with one attached hydrogen (secondary N) is 4. The van der Waals surface area contributed by atoms with Crippen LogP contribution in [0.25, 0.3) is 11.1 Å². The monoisotopic (exact) mass is 842 g/mol. The zero-order valence-corrected chi connectivity index (χ0v) is 37.0. The fourth-order valence-corrected chi connectivity index (χ4v) is 9.79. The second-order valence-electron chi connectivity index (χ2n) is 18.5. The molecule has 2 aromatic carbocycles. The maximum atomic E-state index is 13.7. The van der Waals surface area contributed by atoms with Gasteiger partial charge in [-0.15, -0.1) is 0 Å². The lowest BCUT2D eigenvalue weighted by atomic mass is 9.43. The lowest BCUT2D eigenvalue weighted by Gasteiger charge is -2.64. The van der Waals surface area contributed by atoms with Crippen molar-refractivity contribution < 1.29 is 33.3 Å². The molecule has 7 rings (SSSR count). The molecule has 5 aliphatic rings. The van der Waals surface area contributed by atoms with Crippen molar-refractivity contribution in [1.82, 2.24) is 26.2 Å². The molecule has 14 nitrogen and oxygen atoms in total. The third-order valence-corrected chi connectivity index (χ3v) is 14.0. The highest BCUT2D eigenvalue weighted by molar-refractivity contribution is 6.47. The van der Waals surface area contributed by atoms with Gasteiger partial charge in [0.2, 0.25) is 23.6 Å². The number of aryl methyl sites for hydroxylation is 1. The zero-order valence-electron chi connectivity index (χ0n) is 37.0. The second kappa shape index (κ2) is 19.8. The molecular formula is C46H68BN7O7.